The Labute approximate surface area is 193 Å². The summed E-state index contributed by atoms with van der Waals surface area (Å²) in [6.45, 7) is 1.60. The number of amides is 2. The third-order valence-electron chi connectivity index (χ3n) is 5.73. The Morgan fingerprint density at radius 2 is 1.67 bits per heavy atom. The van der Waals surface area contributed by atoms with Gasteiger partial charge >= 0.3 is 12.1 Å². The minimum atomic E-state index is -1.17. The van der Waals surface area contributed by atoms with Crippen LogP contribution < -0.4 is 5.32 Å². The van der Waals surface area contributed by atoms with Gasteiger partial charge in [-0.3, -0.25) is 9.63 Å². The molecule has 0 bridgehead atoms. The molecule has 1 aliphatic carbocycles. The molecule has 176 valence electrons. The zero-order chi connectivity index (χ0) is 23.8. The van der Waals surface area contributed by atoms with Gasteiger partial charge in [-0.1, -0.05) is 68.3 Å². The van der Waals surface area contributed by atoms with Crippen molar-refractivity contribution in [2.75, 3.05) is 20.3 Å². The fourth-order valence-corrected chi connectivity index (χ4v) is 4.05. The number of aliphatic carboxylic acids is 1. The molecule has 2 N–H and O–H groups in total. The maximum Gasteiger partial charge on any atom is 0.407 e. The van der Waals surface area contributed by atoms with Gasteiger partial charge in [0.15, 0.2) is 6.61 Å². The molecular formula is C25H30N2O6. The lowest BCUT2D eigenvalue weighted by Gasteiger charge is -2.22. The van der Waals surface area contributed by atoms with Gasteiger partial charge in [0.1, 0.15) is 6.61 Å². The zero-order valence-corrected chi connectivity index (χ0v) is 19.0. The molecule has 0 aromatic heterocycles. The van der Waals surface area contributed by atoms with Crippen molar-refractivity contribution in [1.82, 2.24) is 10.4 Å². The van der Waals surface area contributed by atoms with E-state index in [0.717, 1.165) is 40.2 Å². The van der Waals surface area contributed by atoms with E-state index in [1.54, 1.807) is 0 Å². The van der Waals surface area contributed by atoms with E-state index in [1.807, 2.05) is 31.2 Å². The molecule has 2 amide bonds. The van der Waals surface area contributed by atoms with Crippen molar-refractivity contribution in [3.8, 4) is 11.1 Å². The van der Waals surface area contributed by atoms with E-state index in [9.17, 15) is 14.4 Å². The van der Waals surface area contributed by atoms with Gasteiger partial charge in [0, 0.05) is 25.4 Å². The Kier molecular flexibility index (Phi) is 8.43. The molecule has 0 saturated heterocycles. The number of nitrogens with zero attached hydrogens (tertiary/aromatic N) is 1. The third-order valence-corrected chi connectivity index (χ3v) is 5.73. The summed E-state index contributed by atoms with van der Waals surface area (Å²) in [4.78, 5) is 40.5. The quantitative estimate of drug-likeness (QED) is 0.498. The van der Waals surface area contributed by atoms with Crippen molar-refractivity contribution in [2.24, 2.45) is 0 Å². The number of benzene rings is 2. The van der Waals surface area contributed by atoms with Crippen LogP contribution in [0.3, 0.4) is 0 Å². The molecule has 2 aromatic rings. The lowest BCUT2D eigenvalue weighted by Crippen LogP contribution is -2.40. The molecule has 8 heteroatoms. The summed E-state index contributed by atoms with van der Waals surface area (Å²) in [6, 6.07) is 15.8. The van der Waals surface area contributed by atoms with Crippen molar-refractivity contribution in [3.63, 3.8) is 0 Å². The second-order valence-electron chi connectivity index (χ2n) is 8.07. The van der Waals surface area contributed by atoms with Crippen molar-refractivity contribution in [2.45, 2.75) is 44.6 Å². The van der Waals surface area contributed by atoms with Crippen molar-refractivity contribution in [3.05, 3.63) is 59.7 Å². The topological polar surface area (TPSA) is 105 Å². The number of carboxylic acid groups (broad SMARTS) is 1. The molecule has 0 aliphatic heterocycles. The first kappa shape index (κ1) is 24.3. The van der Waals surface area contributed by atoms with Crippen molar-refractivity contribution >= 4 is 18.0 Å². The van der Waals surface area contributed by atoms with Gasteiger partial charge in [-0.2, -0.15) is 0 Å². The molecule has 0 unspecified atom stereocenters. The molecule has 0 fully saturated rings. The third kappa shape index (κ3) is 6.32. The highest BCUT2D eigenvalue weighted by atomic mass is 16.7. The Morgan fingerprint density at radius 3 is 2.24 bits per heavy atom. The van der Waals surface area contributed by atoms with Crippen LogP contribution in [0.1, 0.15) is 49.7 Å². The van der Waals surface area contributed by atoms with E-state index in [2.05, 4.69) is 29.6 Å². The maximum atomic E-state index is 12.6. The number of fused-ring (bicyclic) bond motifs is 3. The summed E-state index contributed by atoms with van der Waals surface area (Å²) in [6.07, 6.45) is 1.73. The molecule has 0 heterocycles. The number of carboxylic acids is 1. The van der Waals surface area contributed by atoms with Gasteiger partial charge in [-0.05, 0) is 28.7 Å². The predicted molar refractivity (Wildman–Crippen MR) is 122 cm³/mol. The first-order valence-electron chi connectivity index (χ1n) is 11.1. The van der Waals surface area contributed by atoms with Crippen LogP contribution in [-0.4, -0.2) is 54.4 Å². The lowest BCUT2D eigenvalue weighted by atomic mass is 9.98. The Bertz CT molecular complexity index is 947. The van der Waals surface area contributed by atoms with Gasteiger partial charge in [0.25, 0.3) is 0 Å². The van der Waals surface area contributed by atoms with Crippen molar-refractivity contribution in [1.29, 1.82) is 0 Å². The van der Waals surface area contributed by atoms with Gasteiger partial charge < -0.3 is 15.2 Å². The molecule has 2 aromatic carbocycles. The molecular weight excluding hydrogens is 424 g/mol. The summed E-state index contributed by atoms with van der Waals surface area (Å²) in [5, 5.41) is 12.4. The first-order chi connectivity index (χ1) is 15.9. The van der Waals surface area contributed by atoms with Crippen LogP contribution in [0.4, 0.5) is 4.79 Å². The molecule has 1 aliphatic rings. The zero-order valence-electron chi connectivity index (χ0n) is 19.0. The van der Waals surface area contributed by atoms with E-state index in [-0.39, 0.29) is 18.9 Å². The average Bonchev–Trinajstić information content (AvgIpc) is 3.13. The molecule has 1 atom stereocenters. The monoisotopic (exact) mass is 454 g/mol. The number of carbonyl (C=O) groups is 3. The highest BCUT2D eigenvalue weighted by Crippen LogP contribution is 2.44. The van der Waals surface area contributed by atoms with E-state index >= 15 is 0 Å². The minimum Gasteiger partial charge on any atom is -0.479 e. The molecule has 0 radical (unpaired) electrons. The summed E-state index contributed by atoms with van der Waals surface area (Å²) in [7, 11) is 1.36. The van der Waals surface area contributed by atoms with Crippen LogP contribution >= 0.6 is 0 Å². The van der Waals surface area contributed by atoms with Crippen LogP contribution in [0.15, 0.2) is 48.5 Å². The second kappa shape index (κ2) is 11.5. The standard InChI is InChI=1S/C25H30N2O6/c1-3-4-9-17(14-23(28)27(2)33-16-24(29)30)26-25(31)32-15-22-20-12-7-5-10-18(20)19-11-6-8-13-21(19)22/h5-8,10-13,17,22H,3-4,9,14-16H2,1-2H3,(H,26,31)(H,29,30)/t17-/m0/s1. The fourth-order valence-electron chi connectivity index (χ4n) is 4.05. The van der Waals surface area contributed by atoms with Crippen LogP contribution in [0.2, 0.25) is 0 Å². The second-order valence-corrected chi connectivity index (χ2v) is 8.07. The largest absolute Gasteiger partial charge is 0.479 e. The summed E-state index contributed by atoms with van der Waals surface area (Å²) in [5.74, 6) is -1.64. The smallest absolute Gasteiger partial charge is 0.407 e. The SMILES string of the molecule is CCCC[C@@H](CC(=O)N(C)OCC(=O)O)NC(=O)OCC1c2ccccc2-c2ccccc21. The first-order valence-corrected chi connectivity index (χ1v) is 11.1. The van der Waals surface area contributed by atoms with Crippen LogP contribution in [0, 0.1) is 0 Å². The highest BCUT2D eigenvalue weighted by molar-refractivity contribution is 5.79. The van der Waals surface area contributed by atoms with Crippen LogP contribution in [-0.2, 0) is 19.2 Å². The number of carbonyl (C=O) groups excluding carboxylic acids is 2. The molecule has 0 saturated carbocycles. The minimum absolute atomic E-state index is 0.0136. The van der Waals surface area contributed by atoms with E-state index < -0.39 is 30.6 Å². The summed E-state index contributed by atoms with van der Waals surface area (Å²) in [5.41, 5.74) is 4.55. The van der Waals surface area contributed by atoms with E-state index in [1.165, 1.54) is 7.05 Å². The molecule has 33 heavy (non-hydrogen) atoms. The van der Waals surface area contributed by atoms with Crippen LogP contribution in [0.25, 0.3) is 11.1 Å². The Balaban J connectivity index is 1.59. The average molecular weight is 455 g/mol. The van der Waals surface area contributed by atoms with Gasteiger partial charge in [0.2, 0.25) is 5.91 Å². The number of ether oxygens (including phenoxy) is 1. The lowest BCUT2D eigenvalue weighted by molar-refractivity contribution is -0.186. The molecule has 0 spiro atoms. The van der Waals surface area contributed by atoms with Gasteiger partial charge in [-0.25, -0.2) is 14.7 Å². The number of alkyl carbamates (subject to hydrolysis) is 1. The van der Waals surface area contributed by atoms with Gasteiger partial charge in [0.05, 0.1) is 0 Å². The number of hydrogen-bond acceptors (Lipinski definition) is 5. The van der Waals surface area contributed by atoms with Crippen LogP contribution in [0.5, 0.6) is 0 Å². The predicted octanol–water partition coefficient (Wildman–Crippen LogP) is 3.95. The molecule has 3 rings (SSSR count). The van der Waals surface area contributed by atoms with Crippen molar-refractivity contribution < 1.29 is 29.1 Å². The number of unbranched alkanes of at least 4 members (excludes halogenated alkanes) is 1. The normalized spacial score (nSPS) is 13.0. The van der Waals surface area contributed by atoms with Gasteiger partial charge in [-0.15, -0.1) is 0 Å². The number of nitrogens with one attached hydrogen (secondary N) is 1. The van der Waals surface area contributed by atoms with E-state index in [0.29, 0.717) is 6.42 Å². The Hall–Kier alpha value is -3.39. The maximum absolute atomic E-state index is 12.6. The van der Waals surface area contributed by atoms with E-state index in [4.69, 9.17) is 14.7 Å². The summed E-state index contributed by atoms with van der Waals surface area (Å²) >= 11 is 0. The number of hydroxylamine groups is 2. The number of rotatable bonds is 11. The Morgan fingerprint density at radius 1 is 1.06 bits per heavy atom. The highest BCUT2D eigenvalue weighted by Gasteiger charge is 2.29. The number of hydrogen-bond donors (Lipinski definition) is 2. The molecule has 8 nitrogen and oxygen atoms in total. The fraction of sp³-hybridized carbons (Fsp3) is 0.400. The summed E-state index contributed by atoms with van der Waals surface area (Å²) < 4.78 is 5.59.